The maximum absolute atomic E-state index is 6.02. The number of nitrogens with zero attached hydrogens (tertiary/aromatic N) is 1. The highest BCUT2D eigenvalue weighted by atomic mass is 127. The van der Waals surface area contributed by atoms with Crippen molar-refractivity contribution >= 4 is 41.5 Å². The summed E-state index contributed by atoms with van der Waals surface area (Å²) in [6, 6.07) is 7.74. The largest absolute Gasteiger partial charge is 0.375 e. The van der Waals surface area contributed by atoms with E-state index in [0.717, 1.165) is 29.0 Å². The van der Waals surface area contributed by atoms with Crippen molar-refractivity contribution in [2.24, 2.45) is 10.9 Å². The summed E-state index contributed by atoms with van der Waals surface area (Å²) in [6.07, 6.45) is 2.61. The van der Waals surface area contributed by atoms with E-state index < -0.39 is 0 Å². The number of nitrogens with one attached hydrogen (secondary N) is 2. The highest BCUT2D eigenvalue weighted by Crippen LogP contribution is 2.27. The monoisotopic (exact) mass is 423 g/mol. The predicted octanol–water partition coefficient (Wildman–Crippen LogP) is 3.22. The summed E-state index contributed by atoms with van der Waals surface area (Å²) in [7, 11) is 3.48. The third kappa shape index (κ3) is 6.40. The molecule has 1 saturated carbocycles. The zero-order valence-corrected chi connectivity index (χ0v) is 15.5. The van der Waals surface area contributed by atoms with Crippen LogP contribution in [0, 0.1) is 5.92 Å². The van der Waals surface area contributed by atoms with Crippen LogP contribution in [0.15, 0.2) is 29.3 Å². The highest BCUT2D eigenvalue weighted by molar-refractivity contribution is 14.0. The molecule has 6 heteroatoms. The molecule has 0 aromatic heterocycles. The summed E-state index contributed by atoms with van der Waals surface area (Å²) in [5.41, 5.74) is 1.06. The van der Waals surface area contributed by atoms with Gasteiger partial charge in [0.25, 0.3) is 0 Å². The molecule has 4 nitrogen and oxygen atoms in total. The van der Waals surface area contributed by atoms with E-state index in [1.807, 2.05) is 24.3 Å². The Hall–Kier alpha value is -0.530. The van der Waals surface area contributed by atoms with E-state index in [1.165, 1.54) is 12.8 Å². The van der Waals surface area contributed by atoms with Crippen LogP contribution in [0.2, 0.25) is 5.02 Å². The fourth-order valence-electron chi connectivity index (χ4n) is 2.02. The zero-order chi connectivity index (χ0) is 14.4. The van der Waals surface area contributed by atoms with Gasteiger partial charge in [0.15, 0.2) is 5.96 Å². The number of hydrogen-bond donors (Lipinski definition) is 2. The van der Waals surface area contributed by atoms with Crippen LogP contribution >= 0.6 is 35.6 Å². The average Bonchev–Trinajstić information content (AvgIpc) is 3.27. The first-order chi connectivity index (χ1) is 9.72. The molecule has 21 heavy (non-hydrogen) atoms. The Morgan fingerprint density at radius 1 is 1.43 bits per heavy atom. The molecule has 1 aromatic carbocycles. The first-order valence-electron chi connectivity index (χ1n) is 6.95. The number of methoxy groups -OCH3 is 1. The second kappa shape index (κ2) is 9.48. The quantitative estimate of drug-likeness (QED) is 0.419. The molecule has 1 aliphatic rings. The molecule has 2 N–H and O–H groups in total. The Labute approximate surface area is 148 Å². The predicted molar refractivity (Wildman–Crippen MR) is 98.7 cm³/mol. The summed E-state index contributed by atoms with van der Waals surface area (Å²) in [5, 5.41) is 7.35. The van der Waals surface area contributed by atoms with E-state index >= 15 is 0 Å². The zero-order valence-electron chi connectivity index (χ0n) is 12.4. The number of hydrogen-bond acceptors (Lipinski definition) is 2. The molecule has 0 amide bonds. The second-order valence-corrected chi connectivity index (χ2v) is 5.49. The van der Waals surface area contributed by atoms with Crippen molar-refractivity contribution < 1.29 is 4.74 Å². The van der Waals surface area contributed by atoms with Crippen molar-refractivity contribution in [1.29, 1.82) is 0 Å². The van der Waals surface area contributed by atoms with Crippen molar-refractivity contribution in [3.05, 3.63) is 34.9 Å². The number of rotatable bonds is 6. The maximum atomic E-state index is 6.02. The van der Waals surface area contributed by atoms with E-state index in [1.54, 1.807) is 14.2 Å². The summed E-state index contributed by atoms with van der Waals surface area (Å²) >= 11 is 6.02. The Bertz CT molecular complexity index is 466. The Kier molecular flexibility index (Phi) is 8.36. The lowest BCUT2D eigenvalue weighted by molar-refractivity contribution is 0.106. The van der Waals surface area contributed by atoms with Gasteiger partial charge in [0.1, 0.15) is 0 Å². The molecule has 1 aromatic rings. The number of benzene rings is 1. The first-order valence-corrected chi connectivity index (χ1v) is 7.33. The van der Waals surface area contributed by atoms with Crippen molar-refractivity contribution in [3.8, 4) is 0 Å². The summed E-state index contributed by atoms with van der Waals surface area (Å²) in [6.45, 7) is 1.65. The molecular weight excluding hydrogens is 401 g/mol. The van der Waals surface area contributed by atoms with Crippen LogP contribution in [0.1, 0.15) is 24.5 Å². The van der Waals surface area contributed by atoms with Gasteiger partial charge in [0.2, 0.25) is 0 Å². The van der Waals surface area contributed by atoms with E-state index in [-0.39, 0.29) is 30.1 Å². The van der Waals surface area contributed by atoms with Gasteiger partial charge in [-0.15, -0.1) is 24.0 Å². The van der Waals surface area contributed by atoms with Crippen molar-refractivity contribution in [2.45, 2.75) is 18.9 Å². The Morgan fingerprint density at radius 3 is 2.76 bits per heavy atom. The van der Waals surface area contributed by atoms with Gasteiger partial charge in [0, 0.05) is 32.3 Å². The van der Waals surface area contributed by atoms with Crippen LogP contribution in [-0.4, -0.2) is 33.2 Å². The molecule has 0 heterocycles. The van der Waals surface area contributed by atoms with Crippen LogP contribution in [0.5, 0.6) is 0 Å². The van der Waals surface area contributed by atoms with Gasteiger partial charge >= 0.3 is 0 Å². The van der Waals surface area contributed by atoms with Crippen molar-refractivity contribution in [1.82, 2.24) is 10.6 Å². The van der Waals surface area contributed by atoms with Crippen LogP contribution in [0.3, 0.4) is 0 Å². The minimum absolute atomic E-state index is 0. The van der Waals surface area contributed by atoms with Gasteiger partial charge in [-0.2, -0.15) is 0 Å². The van der Waals surface area contributed by atoms with Gasteiger partial charge in [-0.25, -0.2) is 0 Å². The molecule has 0 bridgehead atoms. The second-order valence-electron chi connectivity index (χ2n) is 5.06. The smallest absolute Gasteiger partial charge is 0.191 e. The molecule has 118 valence electrons. The summed E-state index contributed by atoms with van der Waals surface area (Å²) in [5.74, 6) is 1.64. The fourth-order valence-corrected chi connectivity index (χ4v) is 2.22. The van der Waals surface area contributed by atoms with E-state index in [4.69, 9.17) is 16.3 Å². The molecule has 0 aliphatic heterocycles. The molecule has 0 spiro atoms. The first kappa shape index (κ1) is 18.5. The van der Waals surface area contributed by atoms with E-state index in [9.17, 15) is 0 Å². The lowest BCUT2D eigenvalue weighted by Crippen LogP contribution is -2.40. The minimum Gasteiger partial charge on any atom is -0.375 e. The number of aliphatic imine (C=N–C) groups is 1. The third-order valence-corrected chi connectivity index (χ3v) is 3.67. The van der Waals surface area contributed by atoms with Gasteiger partial charge in [0.05, 0.1) is 6.10 Å². The van der Waals surface area contributed by atoms with Crippen LogP contribution in [0.25, 0.3) is 0 Å². The normalized spacial score (nSPS) is 16.0. The van der Waals surface area contributed by atoms with Crippen LogP contribution in [-0.2, 0) is 4.74 Å². The van der Waals surface area contributed by atoms with Crippen LogP contribution < -0.4 is 10.6 Å². The SMILES string of the molecule is CN=C(NCC1CC1)NCC(OC)c1cccc(Cl)c1.I. The summed E-state index contributed by atoms with van der Waals surface area (Å²) < 4.78 is 5.52. The molecule has 1 fully saturated rings. The lowest BCUT2D eigenvalue weighted by Gasteiger charge is -2.19. The molecule has 1 aliphatic carbocycles. The molecule has 1 unspecified atom stereocenters. The van der Waals surface area contributed by atoms with Crippen LogP contribution in [0.4, 0.5) is 0 Å². The topological polar surface area (TPSA) is 45.7 Å². The van der Waals surface area contributed by atoms with Gasteiger partial charge in [-0.1, -0.05) is 23.7 Å². The molecule has 0 saturated heterocycles. The van der Waals surface area contributed by atoms with Crippen molar-refractivity contribution in [2.75, 3.05) is 27.2 Å². The Balaban J connectivity index is 0.00000220. The number of halogens is 2. The third-order valence-electron chi connectivity index (χ3n) is 3.44. The van der Waals surface area contributed by atoms with Gasteiger partial charge < -0.3 is 15.4 Å². The highest BCUT2D eigenvalue weighted by Gasteiger charge is 2.21. The average molecular weight is 424 g/mol. The van der Waals surface area contributed by atoms with E-state index in [2.05, 4.69) is 15.6 Å². The number of guanidine groups is 1. The minimum atomic E-state index is -0.0480. The molecular formula is C15H23ClIN3O. The molecule has 2 rings (SSSR count). The fraction of sp³-hybridized carbons (Fsp3) is 0.533. The molecule has 1 atom stereocenters. The Morgan fingerprint density at radius 2 is 2.19 bits per heavy atom. The van der Waals surface area contributed by atoms with Crippen molar-refractivity contribution in [3.63, 3.8) is 0 Å². The summed E-state index contributed by atoms with van der Waals surface area (Å²) in [4.78, 5) is 4.22. The maximum Gasteiger partial charge on any atom is 0.191 e. The lowest BCUT2D eigenvalue weighted by atomic mass is 10.1. The number of ether oxygens (including phenoxy) is 1. The van der Waals surface area contributed by atoms with Gasteiger partial charge in [-0.05, 0) is 36.5 Å². The van der Waals surface area contributed by atoms with E-state index in [0.29, 0.717) is 6.54 Å². The standard InChI is InChI=1S/C15H22ClN3O.HI/c1-17-15(18-9-11-6-7-11)19-10-14(20-2)12-4-3-5-13(16)8-12;/h3-5,8,11,14H,6-7,9-10H2,1-2H3,(H2,17,18,19);1H. The van der Waals surface area contributed by atoms with Gasteiger partial charge in [-0.3, -0.25) is 4.99 Å². The molecule has 0 radical (unpaired) electrons.